The lowest BCUT2D eigenvalue weighted by Gasteiger charge is -2.04. The number of anilines is 1. The monoisotopic (exact) mass is 167 g/mol. The van der Waals surface area contributed by atoms with E-state index < -0.39 is 0 Å². The van der Waals surface area contributed by atoms with E-state index in [4.69, 9.17) is 4.74 Å². The van der Waals surface area contributed by atoms with E-state index >= 15 is 0 Å². The molecule has 1 aromatic heterocycles. The lowest BCUT2D eigenvalue weighted by Crippen LogP contribution is -2.00. The highest BCUT2D eigenvalue weighted by atomic mass is 16.5. The van der Waals surface area contributed by atoms with Crippen LogP contribution in [0.1, 0.15) is 12.7 Å². The summed E-state index contributed by atoms with van der Waals surface area (Å²) >= 11 is 0. The zero-order valence-electron chi connectivity index (χ0n) is 7.59. The maximum Gasteiger partial charge on any atom is 0.218 e. The van der Waals surface area contributed by atoms with E-state index in [9.17, 15) is 0 Å². The van der Waals surface area contributed by atoms with Gasteiger partial charge in [-0.15, -0.1) is 0 Å². The fourth-order valence-electron chi connectivity index (χ4n) is 0.890. The van der Waals surface area contributed by atoms with Crippen LogP contribution in [0.15, 0.2) is 6.07 Å². The molecule has 0 radical (unpaired) electrons. The Morgan fingerprint density at radius 3 is 2.83 bits per heavy atom. The van der Waals surface area contributed by atoms with Gasteiger partial charge in [0.25, 0.3) is 0 Å². The van der Waals surface area contributed by atoms with Crippen LogP contribution in [0.3, 0.4) is 0 Å². The van der Waals surface area contributed by atoms with Gasteiger partial charge in [-0.1, -0.05) is 0 Å². The smallest absolute Gasteiger partial charge is 0.218 e. The quantitative estimate of drug-likeness (QED) is 0.735. The van der Waals surface area contributed by atoms with E-state index in [2.05, 4.69) is 15.3 Å². The summed E-state index contributed by atoms with van der Waals surface area (Å²) in [5.41, 5.74) is 0. The molecule has 66 valence electrons. The van der Waals surface area contributed by atoms with Gasteiger partial charge in [0.05, 0.1) is 6.61 Å². The first kappa shape index (κ1) is 8.77. The van der Waals surface area contributed by atoms with E-state index in [1.54, 1.807) is 6.07 Å². The molecule has 0 spiro atoms. The van der Waals surface area contributed by atoms with Crippen LogP contribution in [0.2, 0.25) is 0 Å². The molecular formula is C8H13N3O. The number of nitrogens with one attached hydrogen (secondary N) is 1. The number of ether oxygens (including phenoxy) is 1. The second kappa shape index (κ2) is 3.90. The summed E-state index contributed by atoms with van der Waals surface area (Å²) in [5, 5.41) is 2.94. The van der Waals surface area contributed by atoms with Gasteiger partial charge < -0.3 is 10.1 Å². The van der Waals surface area contributed by atoms with Crippen LogP contribution in [-0.2, 0) is 0 Å². The number of aryl methyl sites for hydroxylation is 1. The fraction of sp³-hybridized carbons (Fsp3) is 0.500. The largest absolute Gasteiger partial charge is 0.478 e. The summed E-state index contributed by atoms with van der Waals surface area (Å²) in [7, 11) is 1.82. The van der Waals surface area contributed by atoms with Gasteiger partial charge in [-0.25, -0.2) is 4.98 Å². The van der Waals surface area contributed by atoms with Crippen LogP contribution in [0, 0.1) is 6.92 Å². The Hall–Kier alpha value is -1.32. The van der Waals surface area contributed by atoms with Crippen molar-refractivity contribution in [2.45, 2.75) is 13.8 Å². The molecule has 0 saturated heterocycles. The fourth-order valence-corrected chi connectivity index (χ4v) is 0.890. The van der Waals surface area contributed by atoms with Gasteiger partial charge in [0, 0.05) is 13.1 Å². The molecule has 4 heteroatoms. The minimum absolute atomic E-state index is 0.620. The summed E-state index contributed by atoms with van der Waals surface area (Å²) in [6.07, 6.45) is 0. The summed E-state index contributed by atoms with van der Waals surface area (Å²) in [6.45, 7) is 4.39. The first-order valence-corrected chi connectivity index (χ1v) is 3.92. The van der Waals surface area contributed by atoms with Crippen molar-refractivity contribution in [3.05, 3.63) is 11.9 Å². The highest BCUT2D eigenvalue weighted by Gasteiger charge is 1.99. The second-order valence-corrected chi connectivity index (χ2v) is 2.32. The lowest BCUT2D eigenvalue weighted by molar-refractivity contribution is 0.325. The van der Waals surface area contributed by atoms with Gasteiger partial charge in [0.2, 0.25) is 5.88 Å². The molecule has 1 rings (SSSR count). The lowest BCUT2D eigenvalue weighted by atomic mass is 10.5. The molecule has 0 atom stereocenters. The zero-order valence-corrected chi connectivity index (χ0v) is 7.59. The van der Waals surface area contributed by atoms with Crippen molar-refractivity contribution in [3.63, 3.8) is 0 Å². The molecule has 0 saturated carbocycles. The summed E-state index contributed by atoms with van der Waals surface area (Å²) in [6, 6.07) is 1.77. The SMILES string of the molecule is CCOc1cc(NC)nc(C)n1. The standard InChI is InChI=1S/C8H13N3O/c1-4-12-8-5-7(9-3)10-6(2)11-8/h5H,4H2,1-3H3,(H,9,10,11). The van der Waals surface area contributed by atoms with E-state index in [0.717, 1.165) is 5.82 Å². The van der Waals surface area contributed by atoms with Crippen molar-refractivity contribution in [2.75, 3.05) is 19.0 Å². The number of hydrogen-bond acceptors (Lipinski definition) is 4. The second-order valence-electron chi connectivity index (χ2n) is 2.32. The molecule has 1 aromatic rings. The average Bonchev–Trinajstić information content (AvgIpc) is 2.04. The van der Waals surface area contributed by atoms with E-state index in [1.165, 1.54) is 0 Å². The highest BCUT2D eigenvalue weighted by molar-refractivity contribution is 5.37. The van der Waals surface area contributed by atoms with E-state index in [1.807, 2.05) is 20.9 Å². The molecule has 0 aromatic carbocycles. The maximum absolute atomic E-state index is 5.24. The molecule has 12 heavy (non-hydrogen) atoms. The average molecular weight is 167 g/mol. The van der Waals surface area contributed by atoms with Crippen LogP contribution in [0.4, 0.5) is 5.82 Å². The predicted molar refractivity (Wildman–Crippen MR) is 47.5 cm³/mol. The molecule has 0 amide bonds. The van der Waals surface area contributed by atoms with Crippen molar-refractivity contribution >= 4 is 5.82 Å². The topological polar surface area (TPSA) is 47.0 Å². The van der Waals surface area contributed by atoms with Gasteiger partial charge in [-0.3, -0.25) is 0 Å². The first-order valence-electron chi connectivity index (χ1n) is 3.92. The Labute approximate surface area is 72.0 Å². The van der Waals surface area contributed by atoms with Crippen molar-refractivity contribution in [1.29, 1.82) is 0 Å². The zero-order chi connectivity index (χ0) is 8.97. The van der Waals surface area contributed by atoms with Crippen molar-refractivity contribution in [1.82, 2.24) is 9.97 Å². The normalized spacial score (nSPS) is 9.58. The molecule has 1 heterocycles. The van der Waals surface area contributed by atoms with Gasteiger partial charge >= 0.3 is 0 Å². The summed E-state index contributed by atoms with van der Waals surface area (Å²) in [4.78, 5) is 8.23. The minimum Gasteiger partial charge on any atom is -0.478 e. The van der Waals surface area contributed by atoms with Gasteiger partial charge in [0.15, 0.2) is 0 Å². The van der Waals surface area contributed by atoms with Gasteiger partial charge in [-0.2, -0.15) is 4.98 Å². The molecule has 1 N–H and O–H groups in total. The van der Waals surface area contributed by atoms with Crippen molar-refractivity contribution < 1.29 is 4.74 Å². The number of nitrogens with zero attached hydrogens (tertiary/aromatic N) is 2. The molecule has 0 unspecified atom stereocenters. The molecule has 0 aliphatic heterocycles. The first-order chi connectivity index (χ1) is 5.76. The Balaban J connectivity index is 2.90. The molecule has 0 aliphatic carbocycles. The van der Waals surface area contributed by atoms with Gasteiger partial charge in [0.1, 0.15) is 11.6 Å². The van der Waals surface area contributed by atoms with Crippen molar-refractivity contribution in [3.8, 4) is 5.88 Å². The summed E-state index contributed by atoms with van der Waals surface area (Å²) < 4.78 is 5.24. The highest BCUT2D eigenvalue weighted by Crippen LogP contribution is 2.11. The molecule has 0 fully saturated rings. The summed E-state index contributed by atoms with van der Waals surface area (Å²) in [5.74, 6) is 2.12. The number of rotatable bonds is 3. The van der Waals surface area contributed by atoms with Crippen LogP contribution in [0.5, 0.6) is 5.88 Å². The Morgan fingerprint density at radius 1 is 1.50 bits per heavy atom. The van der Waals surface area contributed by atoms with Crippen LogP contribution < -0.4 is 10.1 Å². The Bertz CT molecular complexity index is 262. The molecular weight excluding hydrogens is 154 g/mol. The van der Waals surface area contributed by atoms with Crippen LogP contribution in [-0.4, -0.2) is 23.6 Å². The third-order valence-corrected chi connectivity index (χ3v) is 1.36. The number of hydrogen-bond donors (Lipinski definition) is 1. The molecule has 0 bridgehead atoms. The van der Waals surface area contributed by atoms with E-state index in [0.29, 0.717) is 18.3 Å². The minimum atomic E-state index is 0.620. The number of aromatic nitrogens is 2. The van der Waals surface area contributed by atoms with Crippen molar-refractivity contribution in [2.24, 2.45) is 0 Å². The van der Waals surface area contributed by atoms with Crippen LogP contribution >= 0.6 is 0 Å². The third-order valence-electron chi connectivity index (χ3n) is 1.36. The van der Waals surface area contributed by atoms with Crippen LogP contribution in [0.25, 0.3) is 0 Å². The van der Waals surface area contributed by atoms with E-state index in [-0.39, 0.29) is 0 Å². The third kappa shape index (κ3) is 2.08. The molecule has 4 nitrogen and oxygen atoms in total. The molecule has 0 aliphatic rings. The van der Waals surface area contributed by atoms with Gasteiger partial charge in [-0.05, 0) is 13.8 Å². The Morgan fingerprint density at radius 2 is 2.25 bits per heavy atom. The maximum atomic E-state index is 5.24. The predicted octanol–water partition coefficient (Wildman–Crippen LogP) is 1.23. The Kier molecular flexibility index (Phi) is 2.85.